The van der Waals surface area contributed by atoms with E-state index < -0.39 is 11.5 Å². The molecule has 4 nitrogen and oxygen atoms in total. The highest BCUT2D eigenvalue weighted by Gasteiger charge is 2.32. The summed E-state index contributed by atoms with van der Waals surface area (Å²) in [4.78, 5) is 11.3. The minimum Gasteiger partial charge on any atom is -0.480 e. The Morgan fingerprint density at radius 1 is 1.44 bits per heavy atom. The highest BCUT2D eigenvalue weighted by atomic mass is 16.5. The molecule has 2 N–H and O–H groups in total. The van der Waals surface area contributed by atoms with Crippen LogP contribution >= 0.6 is 0 Å². The van der Waals surface area contributed by atoms with E-state index in [1.165, 1.54) is 12.8 Å². The number of carboxylic acid groups (broad SMARTS) is 1. The van der Waals surface area contributed by atoms with Crippen molar-refractivity contribution in [2.75, 3.05) is 13.2 Å². The van der Waals surface area contributed by atoms with Gasteiger partial charge in [0.05, 0.1) is 0 Å². The van der Waals surface area contributed by atoms with Crippen LogP contribution in [0.1, 0.15) is 52.9 Å². The lowest BCUT2D eigenvalue weighted by Crippen LogP contribution is -2.52. The van der Waals surface area contributed by atoms with Crippen molar-refractivity contribution in [2.45, 2.75) is 64.5 Å². The predicted octanol–water partition coefficient (Wildman–Crippen LogP) is 2.42. The Morgan fingerprint density at radius 2 is 2.11 bits per heavy atom. The highest BCUT2D eigenvalue weighted by molar-refractivity contribution is 5.78. The van der Waals surface area contributed by atoms with Gasteiger partial charge in [0, 0.05) is 19.3 Å². The van der Waals surface area contributed by atoms with Gasteiger partial charge in [-0.05, 0) is 58.8 Å². The lowest BCUT2D eigenvalue weighted by Gasteiger charge is -2.28. The third-order valence-electron chi connectivity index (χ3n) is 3.35. The van der Waals surface area contributed by atoms with E-state index in [0.29, 0.717) is 6.42 Å². The van der Waals surface area contributed by atoms with Gasteiger partial charge in [-0.1, -0.05) is 0 Å². The molecule has 0 heterocycles. The van der Waals surface area contributed by atoms with Gasteiger partial charge in [-0.25, -0.2) is 0 Å². The van der Waals surface area contributed by atoms with Crippen molar-refractivity contribution in [2.24, 2.45) is 5.92 Å². The molecule has 1 saturated carbocycles. The van der Waals surface area contributed by atoms with Gasteiger partial charge in [-0.2, -0.15) is 0 Å². The number of hydrogen-bond donors (Lipinski definition) is 2. The molecule has 1 aliphatic rings. The third-order valence-corrected chi connectivity index (χ3v) is 3.35. The number of hydrogen-bond acceptors (Lipinski definition) is 3. The number of ether oxygens (including phenoxy) is 1. The maximum atomic E-state index is 11.3. The van der Waals surface area contributed by atoms with Crippen LogP contribution < -0.4 is 5.32 Å². The monoisotopic (exact) mass is 257 g/mol. The average molecular weight is 257 g/mol. The van der Waals surface area contributed by atoms with Crippen LogP contribution in [0.3, 0.4) is 0 Å². The van der Waals surface area contributed by atoms with Gasteiger partial charge in [0.25, 0.3) is 0 Å². The molecule has 1 atom stereocenters. The normalized spacial score (nSPS) is 18.9. The molecule has 1 fully saturated rings. The summed E-state index contributed by atoms with van der Waals surface area (Å²) >= 11 is 0. The smallest absolute Gasteiger partial charge is 0.323 e. The summed E-state index contributed by atoms with van der Waals surface area (Å²) in [5.74, 6) is 0.0343. The second kappa shape index (κ2) is 7.10. The van der Waals surface area contributed by atoms with Crippen LogP contribution in [0.25, 0.3) is 0 Å². The summed E-state index contributed by atoms with van der Waals surface area (Å²) in [7, 11) is 0. The summed E-state index contributed by atoms with van der Waals surface area (Å²) in [5, 5.41) is 12.4. The Morgan fingerprint density at radius 3 is 2.61 bits per heavy atom. The van der Waals surface area contributed by atoms with E-state index >= 15 is 0 Å². The number of carboxylic acids is 1. The van der Waals surface area contributed by atoms with Crippen LogP contribution in [-0.2, 0) is 9.53 Å². The van der Waals surface area contributed by atoms with Gasteiger partial charge in [0.2, 0.25) is 0 Å². The summed E-state index contributed by atoms with van der Waals surface area (Å²) in [6.07, 6.45) is 5.10. The molecule has 0 spiro atoms. The van der Waals surface area contributed by atoms with Gasteiger partial charge >= 0.3 is 5.97 Å². The molecule has 4 heteroatoms. The van der Waals surface area contributed by atoms with E-state index in [-0.39, 0.29) is 6.04 Å². The van der Waals surface area contributed by atoms with E-state index in [0.717, 1.165) is 32.0 Å². The Kier molecular flexibility index (Phi) is 6.09. The van der Waals surface area contributed by atoms with E-state index in [4.69, 9.17) is 4.74 Å². The molecule has 0 radical (unpaired) electrons. The summed E-state index contributed by atoms with van der Waals surface area (Å²) in [6, 6.07) is 0.178. The molecule has 0 aliphatic heterocycles. The lowest BCUT2D eigenvalue weighted by molar-refractivity contribution is -0.144. The first kappa shape index (κ1) is 15.4. The maximum Gasteiger partial charge on any atom is 0.323 e. The van der Waals surface area contributed by atoms with Crippen molar-refractivity contribution in [1.82, 2.24) is 5.32 Å². The fraction of sp³-hybridized carbons (Fsp3) is 0.929. The lowest BCUT2D eigenvalue weighted by atomic mass is 9.94. The van der Waals surface area contributed by atoms with Gasteiger partial charge in [-0.15, -0.1) is 0 Å². The quantitative estimate of drug-likeness (QED) is 0.590. The standard InChI is InChI=1S/C14H27NO3/c1-11(2)15-14(3,13(16)17)8-4-5-9-18-10-12-6-7-12/h11-12,15H,4-10H2,1-3H3,(H,16,17). The molecule has 18 heavy (non-hydrogen) atoms. The molecular weight excluding hydrogens is 230 g/mol. The predicted molar refractivity (Wildman–Crippen MR) is 71.7 cm³/mol. The zero-order valence-corrected chi connectivity index (χ0v) is 11.9. The number of carbonyl (C=O) groups is 1. The Bertz CT molecular complexity index is 264. The van der Waals surface area contributed by atoms with Crippen LogP contribution in [0, 0.1) is 5.92 Å². The van der Waals surface area contributed by atoms with Crippen molar-refractivity contribution in [3.63, 3.8) is 0 Å². The van der Waals surface area contributed by atoms with Crippen LogP contribution in [0.5, 0.6) is 0 Å². The summed E-state index contributed by atoms with van der Waals surface area (Å²) in [6.45, 7) is 7.36. The number of unbranched alkanes of at least 4 members (excludes halogenated alkanes) is 1. The SMILES string of the molecule is CC(C)NC(C)(CCCCOCC1CC1)C(=O)O. The molecule has 1 unspecified atom stereocenters. The van der Waals surface area contributed by atoms with E-state index in [9.17, 15) is 9.90 Å². The molecule has 1 rings (SSSR count). The van der Waals surface area contributed by atoms with Gasteiger partial charge in [-0.3, -0.25) is 10.1 Å². The van der Waals surface area contributed by atoms with Gasteiger partial charge < -0.3 is 9.84 Å². The number of aliphatic carboxylic acids is 1. The average Bonchev–Trinajstić information content (AvgIpc) is 3.05. The topological polar surface area (TPSA) is 58.6 Å². The van der Waals surface area contributed by atoms with Crippen LogP contribution in [0.2, 0.25) is 0 Å². The molecule has 0 saturated heterocycles. The molecule has 1 aliphatic carbocycles. The van der Waals surface area contributed by atoms with Crippen molar-refractivity contribution in [3.8, 4) is 0 Å². The van der Waals surface area contributed by atoms with Crippen LogP contribution in [0.15, 0.2) is 0 Å². The summed E-state index contributed by atoms with van der Waals surface area (Å²) in [5.41, 5.74) is -0.815. The Hall–Kier alpha value is -0.610. The summed E-state index contributed by atoms with van der Waals surface area (Å²) < 4.78 is 5.55. The first-order chi connectivity index (χ1) is 8.44. The van der Waals surface area contributed by atoms with Crippen molar-refractivity contribution < 1.29 is 14.6 Å². The maximum absolute atomic E-state index is 11.3. The Balaban J connectivity index is 2.13. The second-order valence-electron chi connectivity index (χ2n) is 5.91. The first-order valence-corrected chi connectivity index (χ1v) is 7.03. The molecule has 0 aromatic carbocycles. The van der Waals surface area contributed by atoms with E-state index in [1.54, 1.807) is 6.92 Å². The van der Waals surface area contributed by atoms with E-state index in [2.05, 4.69) is 5.32 Å². The van der Waals surface area contributed by atoms with Crippen molar-refractivity contribution in [3.05, 3.63) is 0 Å². The third kappa shape index (κ3) is 5.83. The zero-order valence-electron chi connectivity index (χ0n) is 11.9. The molecular formula is C14H27NO3. The fourth-order valence-electron chi connectivity index (χ4n) is 2.10. The van der Waals surface area contributed by atoms with Crippen molar-refractivity contribution >= 4 is 5.97 Å². The number of nitrogens with one attached hydrogen (secondary N) is 1. The van der Waals surface area contributed by atoms with E-state index in [1.807, 2.05) is 13.8 Å². The van der Waals surface area contributed by atoms with Crippen molar-refractivity contribution in [1.29, 1.82) is 0 Å². The molecule has 0 bridgehead atoms. The highest BCUT2D eigenvalue weighted by Crippen LogP contribution is 2.28. The Labute approximate surface area is 110 Å². The molecule has 0 amide bonds. The van der Waals surface area contributed by atoms with Crippen LogP contribution in [0.4, 0.5) is 0 Å². The largest absolute Gasteiger partial charge is 0.480 e. The molecule has 0 aromatic rings. The van der Waals surface area contributed by atoms with Gasteiger partial charge in [0.1, 0.15) is 5.54 Å². The second-order valence-corrected chi connectivity index (χ2v) is 5.91. The number of rotatable bonds is 10. The minimum absolute atomic E-state index is 0.178. The minimum atomic E-state index is -0.815. The molecule has 0 aromatic heterocycles. The first-order valence-electron chi connectivity index (χ1n) is 7.03. The zero-order chi connectivity index (χ0) is 13.6. The van der Waals surface area contributed by atoms with Crippen LogP contribution in [-0.4, -0.2) is 35.9 Å². The van der Waals surface area contributed by atoms with Gasteiger partial charge in [0.15, 0.2) is 0 Å². The fourth-order valence-corrected chi connectivity index (χ4v) is 2.10. The molecule has 106 valence electrons.